The number of halogens is 1. The van der Waals surface area contributed by atoms with Gasteiger partial charge in [0.05, 0.1) is 25.2 Å². The molecular formula is C20H18ClNO4S2. The van der Waals surface area contributed by atoms with Crippen LogP contribution in [0.3, 0.4) is 0 Å². The molecule has 0 saturated carbocycles. The van der Waals surface area contributed by atoms with Gasteiger partial charge in [-0.3, -0.25) is 4.79 Å². The fourth-order valence-corrected chi connectivity index (χ4v) is 3.70. The van der Waals surface area contributed by atoms with Crippen LogP contribution >= 0.6 is 35.6 Å². The number of hydrogen-bond acceptors (Lipinski definition) is 6. The minimum atomic E-state index is -0.217. The zero-order valence-corrected chi connectivity index (χ0v) is 17.5. The summed E-state index contributed by atoms with van der Waals surface area (Å²) in [5.41, 5.74) is 0.723. The quantitative estimate of drug-likeness (QED) is 0.369. The van der Waals surface area contributed by atoms with E-state index < -0.39 is 0 Å². The molecule has 1 aliphatic rings. The normalized spacial score (nSPS) is 14.9. The van der Waals surface area contributed by atoms with Gasteiger partial charge in [-0.25, -0.2) is 0 Å². The van der Waals surface area contributed by atoms with Gasteiger partial charge >= 0.3 is 0 Å². The molecule has 2 aromatic rings. The van der Waals surface area contributed by atoms with Gasteiger partial charge in [-0.2, -0.15) is 0 Å². The van der Waals surface area contributed by atoms with Crippen molar-refractivity contribution in [1.82, 2.24) is 5.32 Å². The van der Waals surface area contributed by atoms with E-state index in [4.69, 9.17) is 38.0 Å². The zero-order valence-electron chi connectivity index (χ0n) is 15.1. The summed E-state index contributed by atoms with van der Waals surface area (Å²) in [7, 11) is 1.61. The van der Waals surface area contributed by atoms with Crippen molar-refractivity contribution in [2.24, 2.45) is 0 Å². The molecule has 0 spiro atoms. The topological polar surface area (TPSA) is 56.8 Å². The number of amides is 1. The van der Waals surface area contributed by atoms with Gasteiger partial charge in [-0.05, 0) is 36.4 Å². The lowest BCUT2D eigenvalue weighted by molar-refractivity contribution is -0.115. The standard InChI is InChI=1S/C20H18ClNO4S2/c1-24-16-5-2-3-6-17(16)26-10-4-9-25-15-8-7-14(21)11-13(15)12-18-19(23)22-20(27)28-18/h2-3,5-8,11-12H,4,9-10H2,1H3,(H,22,23,27). The Morgan fingerprint density at radius 3 is 2.50 bits per heavy atom. The van der Waals surface area contributed by atoms with Crippen LogP contribution in [-0.4, -0.2) is 30.6 Å². The van der Waals surface area contributed by atoms with Gasteiger partial charge in [0.15, 0.2) is 11.5 Å². The van der Waals surface area contributed by atoms with Crippen molar-refractivity contribution >= 4 is 51.9 Å². The van der Waals surface area contributed by atoms with Crippen LogP contribution < -0.4 is 19.5 Å². The molecule has 1 N–H and O–H groups in total. The lowest BCUT2D eigenvalue weighted by Gasteiger charge is -2.12. The van der Waals surface area contributed by atoms with Crippen LogP contribution in [0.2, 0.25) is 5.02 Å². The molecule has 1 fully saturated rings. The van der Waals surface area contributed by atoms with Crippen LogP contribution in [-0.2, 0) is 4.79 Å². The second-order valence-corrected chi connectivity index (χ2v) is 7.89. The first-order valence-corrected chi connectivity index (χ1v) is 10.1. The van der Waals surface area contributed by atoms with E-state index in [0.717, 1.165) is 5.56 Å². The van der Waals surface area contributed by atoms with E-state index in [-0.39, 0.29) is 5.91 Å². The molecule has 0 atom stereocenters. The molecule has 1 aliphatic heterocycles. The third kappa shape index (κ3) is 5.41. The molecule has 0 radical (unpaired) electrons. The van der Waals surface area contributed by atoms with Crippen LogP contribution in [0, 0.1) is 0 Å². The molecule has 1 heterocycles. The van der Waals surface area contributed by atoms with Crippen molar-refractivity contribution in [3.8, 4) is 17.2 Å². The van der Waals surface area contributed by atoms with Gasteiger partial charge in [0.25, 0.3) is 5.91 Å². The van der Waals surface area contributed by atoms with Crippen molar-refractivity contribution in [2.75, 3.05) is 20.3 Å². The van der Waals surface area contributed by atoms with E-state index in [0.29, 0.717) is 51.1 Å². The predicted octanol–water partition coefficient (Wildman–Crippen LogP) is 4.69. The number of thioether (sulfide) groups is 1. The zero-order chi connectivity index (χ0) is 19.9. The molecule has 1 amide bonds. The first kappa shape index (κ1) is 20.5. The molecule has 146 valence electrons. The van der Waals surface area contributed by atoms with Crippen molar-refractivity contribution in [3.63, 3.8) is 0 Å². The minimum absolute atomic E-state index is 0.217. The van der Waals surface area contributed by atoms with E-state index >= 15 is 0 Å². The van der Waals surface area contributed by atoms with Gasteiger partial charge in [-0.1, -0.05) is 47.7 Å². The second-order valence-electron chi connectivity index (χ2n) is 5.74. The lowest BCUT2D eigenvalue weighted by Crippen LogP contribution is -2.17. The van der Waals surface area contributed by atoms with Gasteiger partial charge in [0.1, 0.15) is 10.1 Å². The number of nitrogens with one attached hydrogen (secondary N) is 1. The summed E-state index contributed by atoms with van der Waals surface area (Å²) in [6, 6.07) is 12.8. The highest BCUT2D eigenvalue weighted by molar-refractivity contribution is 8.26. The number of thiocarbonyl (C=S) groups is 1. The molecule has 0 bridgehead atoms. The summed E-state index contributed by atoms with van der Waals surface area (Å²) in [6.07, 6.45) is 2.40. The van der Waals surface area contributed by atoms with E-state index in [9.17, 15) is 4.79 Å². The van der Waals surface area contributed by atoms with E-state index in [2.05, 4.69) is 5.32 Å². The number of carbonyl (C=O) groups excluding carboxylic acids is 1. The average Bonchev–Trinajstić information content (AvgIpc) is 3.00. The Morgan fingerprint density at radius 1 is 1.11 bits per heavy atom. The summed E-state index contributed by atoms with van der Waals surface area (Å²) >= 11 is 12.3. The Hall–Kier alpha value is -2.22. The van der Waals surface area contributed by atoms with E-state index in [1.165, 1.54) is 11.8 Å². The Bertz CT molecular complexity index is 917. The van der Waals surface area contributed by atoms with E-state index in [1.54, 1.807) is 31.4 Å². The Morgan fingerprint density at radius 2 is 1.82 bits per heavy atom. The van der Waals surface area contributed by atoms with Crippen LogP contribution in [0.1, 0.15) is 12.0 Å². The number of rotatable bonds is 8. The third-order valence-corrected chi connectivity index (χ3v) is 5.17. The number of hydrogen-bond donors (Lipinski definition) is 1. The monoisotopic (exact) mass is 435 g/mol. The number of ether oxygens (including phenoxy) is 3. The summed E-state index contributed by atoms with van der Waals surface area (Å²) in [5, 5.41) is 3.15. The summed E-state index contributed by atoms with van der Waals surface area (Å²) < 4.78 is 17.3. The maximum atomic E-state index is 11.9. The Balaban J connectivity index is 1.58. The summed E-state index contributed by atoms with van der Waals surface area (Å²) in [6.45, 7) is 0.932. The highest BCUT2D eigenvalue weighted by Gasteiger charge is 2.22. The van der Waals surface area contributed by atoms with Crippen molar-refractivity contribution in [3.05, 3.63) is 58.0 Å². The van der Waals surface area contributed by atoms with Gasteiger partial charge in [0.2, 0.25) is 0 Å². The largest absolute Gasteiger partial charge is 0.493 e. The molecule has 3 rings (SSSR count). The van der Waals surface area contributed by atoms with Crippen molar-refractivity contribution < 1.29 is 19.0 Å². The molecule has 0 aromatic heterocycles. The van der Waals surface area contributed by atoms with Crippen molar-refractivity contribution in [1.29, 1.82) is 0 Å². The Labute approximate surface area is 178 Å². The third-order valence-electron chi connectivity index (χ3n) is 3.77. The molecule has 0 unspecified atom stereocenters. The SMILES string of the molecule is COc1ccccc1OCCCOc1ccc(Cl)cc1C=C1SC(=S)NC1=O. The van der Waals surface area contributed by atoms with Crippen LogP contribution in [0.4, 0.5) is 0 Å². The van der Waals surface area contributed by atoms with Gasteiger partial charge in [0, 0.05) is 17.0 Å². The molecular weight excluding hydrogens is 418 g/mol. The predicted molar refractivity (Wildman–Crippen MR) is 116 cm³/mol. The summed E-state index contributed by atoms with van der Waals surface area (Å²) in [4.78, 5) is 12.4. The molecule has 8 heteroatoms. The molecule has 5 nitrogen and oxygen atoms in total. The molecule has 1 saturated heterocycles. The first-order valence-electron chi connectivity index (χ1n) is 8.50. The molecule has 28 heavy (non-hydrogen) atoms. The van der Waals surface area contributed by atoms with Crippen LogP contribution in [0.5, 0.6) is 17.2 Å². The maximum absolute atomic E-state index is 11.9. The maximum Gasteiger partial charge on any atom is 0.263 e. The Kier molecular flexibility index (Phi) is 7.19. The molecule has 2 aromatic carbocycles. The summed E-state index contributed by atoms with van der Waals surface area (Å²) in [5.74, 6) is 1.81. The van der Waals surface area contributed by atoms with Crippen LogP contribution in [0.25, 0.3) is 6.08 Å². The highest BCUT2D eigenvalue weighted by Crippen LogP contribution is 2.31. The first-order chi connectivity index (χ1) is 13.6. The number of benzene rings is 2. The van der Waals surface area contributed by atoms with Gasteiger partial charge < -0.3 is 19.5 Å². The lowest BCUT2D eigenvalue weighted by atomic mass is 10.2. The van der Waals surface area contributed by atoms with Crippen molar-refractivity contribution in [2.45, 2.75) is 6.42 Å². The fraction of sp³-hybridized carbons (Fsp3) is 0.200. The number of methoxy groups -OCH3 is 1. The smallest absolute Gasteiger partial charge is 0.263 e. The van der Waals surface area contributed by atoms with Crippen LogP contribution in [0.15, 0.2) is 47.4 Å². The second kappa shape index (κ2) is 9.82. The van der Waals surface area contributed by atoms with Gasteiger partial charge in [-0.15, -0.1) is 0 Å². The fourth-order valence-electron chi connectivity index (χ4n) is 2.49. The van der Waals surface area contributed by atoms with E-state index in [1.807, 2.05) is 24.3 Å². The molecule has 0 aliphatic carbocycles. The minimum Gasteiger partial charge on any atom is -0.493 e. The number of carbonyl (C=O) groups is 1. The highest BCUT2D eigenvalue weighted by atomic mass is 35.5. The average molecular weight is 436 g/mol. The number of para-hydroxylation sites is 2.